The molecule has 4 aromatic rings. The molecule has 3 aromatic carbocycles. The van der Waals surface area contributed by atoms with Crippen LogP contribution in [0.25, 0.3) is 11.0 Å². The van der Waals surface area contributed by atoms with E-state index in [1.54, 1.807) is 25.1 Å². The number of benzene rings is 3. The lowest BCUT2D eigenvalue weighted by Crippen LogP contribution is -2.24. The van der Waals surface area contributed by atoms with Gasteiger partial charge in [0.05, 0.1) is 32.1 Å². The number of esters is 1. The van der Waals surface area contributed by atoms with Crippen LogP contribution in [-0.2, 0) is 17.6 Å². The molecule has 0 amide bonds. The minimum absolute atomic E-state index is 0.0732. The number of hydrogen-bond acceptors (Lipinski definition) is 9. The van der Waals surface area contributed by atoms with Gasteiger partial charge in [0, 0.05) is 30.4 Å². The number of ether oxygens (including phenoxy) is 4. The van der Waals surface area contributed by atoms with Gasteiger partial charge in [-0.25, -0.2) is 4.79 Å². The summed E-state index contributed by atoms with van der Waals surface area (Å²) in [6.07, 6.45) is 1.53. The molecule has 1 aromatic heterocycles. The highest BCUT2D eigenvalue weighted by Gasteiger charge is 2.37. The van der Waals surface area contributed by atoms with Crippen LogP contribution in [0.1, 0.15) is 57.4 Å². The summed E-state index contributed by atoms with van der Waals surface area (Å²) in [7, 11) is 1.53. The molecule has 0 bridgehead atoms. The Labute approximate surface area is 235 Å². The summed E-state index contributed by atoms with van der Waals surface area (Å²) in [5.74, 6) is -0.286. The smallest absolute Gasteiger partial charge is 0.336 e. The number of phenolic OH excluding ortho intramolecular Hbond substituents is 1. The Bertz CT molecular complexity index is 1780. The number of fused-ring (bicyclic) bond motifs is 4. The quantitative estimate of drug-likeness (QED) is 0.145. The molecule has 210 valence electrons. The zero-order valence-corrected chi connectivity index (χ0v) is 22.9. The van der Waals surface area contributed by atoms with Crippen molar-refractivity contribution in [3.8, 4) is 28.7 Å². The summed E-state index contributed by atoms with van der Waals surface area (Å²) in [5, 5.41) is 11.2. The topological polar surface area (TPSA) is 122 Å². The molecule has 0 saturated carbocycles. The predicted molar refractivity (Wildman–Crippen MR) is 149 cm³/mol. The van der Waals surface area contributed by atoms with Gasteiger partial charge in [0.2, 0.25) is 0 Å². The highest BCUT2D eigenvalue weighted by Crippen LogP contribution is 2.50. The molecule has 41 heavy (non-hydrogen) atoms. The van der Waals surface area contributed by atoms with E-state index in [9.17, 15) is 19.5 Å². The van der Waals surface area contributed by atoms with Gasteiger partial charge in [0.1, 0.15) is 22.6 Å². The molecule has 9 heteroatoms. The maximum absolute atomic E-state index is 12.8. The first-order valence-corrected chi connectivity index (χ1v) is 13.4. The molecule has 2 aliphatic heterocycles. The largest absolute Gasteiger partial charge is 0.506 e. The highest BCUT2D eigenvalue weighted by atomic mass is 16.5. The van der Waals surface area contributed by atoms with Gasteiger partial charge in [-0.2, -0.15) is 0 Å². The van der Waals surface area contributed by atoms with Crippen molar-refractivity contribution in [2.75, 3.05) is 20.3 Å². The van der Waals surface area contributed by atoms with E-state index in [0.717, 1.165) is 17.7 Å². The average molecular weight is 557 g/mol. The number of methoxy groups -OCH3 is 1. The maximum Gasteiger partial charge on any atom is 0.336 e. The van der Waals surface area contributed by atoms with Crippen LogP contribution in [0.2, 0.25) is 0 Å². The monoisotopic (exact) mass is 556 g/mol. The van der Waals surface area contributed by atoms with Crippen LogP contribution in [0.4, 0.5) is 0 Å². The molecule has 0 saturated heterocycles. The third-order valence-electron chi connectivity index (χ3n) is 7.63. The van der Waals surface area contributed by atoms with Crippen LogP contribution in [0, 0.1) is 6.92 Å². The number of hydrogen-bond donors (Lipinski definition) is 1. The third-order valence-corrected chi connectivity index (χ3v) is 7.63. The summed E-state index contributed by atoms with van der Waals surface area (Å²) in [6, 6.07) is 12.7. The van der Waals surface area contributed by atoms with Gasteiger partial charge in [0.15, 0.2) is 23.0 Å². The number of rotatable bonds is 7. The number of ketones is 1. The number of aryl methyl sites for hydroxylation is 1. The van der Waals surface area contributed by atoms with Gasteiger partial charge in [-0.15, -0.1) is 0 Å². The predicted octanol–water partition coefficient (Wildman–Crippen LogP) is 5.02. The van der Waals surface area contributed by atoms with Gasteiger partial charge < -0.3 is 28.5 Å². The Kier molecular flexibility index (Phi) is 6.65. The van der Waals surface area contributed by atoms with E-state index < -0.39 is 29.0 Å². The molecule has 0 unspecified atom stereocenters. The molecule has 1 N–H and O–H groups in total. The summed E-state index contributed by atoms with van der Waals surface area (Å²) in [4.78, 5) is 37.8. The Morgan fingerprint density at radius 3 is 2.71 bits per heavy atom. The first kappa shape index (κ1) is 26.4. The molecule has 0 spiro atoms. The lowest BCUT2D eigenvalue weighted by atomic mass is 9.82. The molecule has 2 aliphatic rings. The minimum Gasteiger partial charge on any atom is -0.506 e. The fraction of sp³-hybridized carbons (Fsp3) is 0.281. The van der Waals surface area contributed by atoms with E-state index in [1.165, 1.54) is 25.7 Å². The third kappa shape index (κ3) is 4.67. The number of aromatic hydroxyl groups is 1. The number of carbonyl (C=O) groups is 2. The zero-order chi connectivity index (χ0) is 28.8. The van der Waals surface area contributed by atoms with Crippen molar-refractivity contribution in [1.29, 1.82) is 0 Å². The maximum atomic E-state index is 12.8. The molecule has 0 fully saturated rings. The zero-order valence-electron chi connectivity index (χ0n) is 22.9. The SMILES string of the molecule is COc1cc([C@H]2CC(=O)Oc3c(C(C)=O)c(O)c4c(C)cc(=O)oc4c32)ccc1OCCc1ccc2c(c1)CCO2. The number of phenols is 1. The average Bonchev–Trinajstić information content (AvgIpc) is 3.40. The minimum atomic E-state index is -0.644. The van der Waals surface area contributed by atoms with Crippen molar-refractivity contribution in [2.24, 2.45) is 0 Å². The summed E-state index contributed by atoms with van der Waals surface area (Å²) in [5.41, 5.74) is 3.12. The van der Waals surface area contributed by atoms with Gasteiger partial charge in [-0.1, -0.05) is 18.2 Å². The van der Waals surface area contributed by atoms with Crippen molar-refractivity contribution in [2.45, 2.75) is 39.0 Å². The highest BCUT2D eigenvalue weighted by molar-refractivity contribution is 6.09. The van der Waals surface area contributed by atoms with Crippen molar-refractivity contribution in [3.05, 3.63) is 86.3 Å². The van der Waals surface area contributed by atoms with Gasteiger partial charge in [0.25, 0.3) is 0 Å². The lowest BCUT2D eigenvalue weighted by Gasteiger charge is -2.28. The van der Waals surface area contributed by atoms with Crippen LogP contribution in [0.15, 0.2) is 51.7 Å². The summed E-state index contributed by atoms with van der Waals surface area (Å²) < 4.78 is 28.3. The Morgan fingerprint density at radius 2 is 1.93 bits per heavy atom. The van der Waals surface area contributed by atoms with Gasteiger partial charge in [-0.3, -0.25) is 9.59 Å². The first-order chi connectivity index (χ1) is 19.7. The molecular weight excluding hydrogens is 528 g/mol. The summed E-state index contributed by atoms with van der Waals surface area (Å²) >= 11 is 0. The van der Waals surface area contributed by atoms with Crippen molar-refractivity contribution in [3.63, 3.8) is 0 Å². The van der Waals surface area contributed by atoms with Crippen LogP contribution < -0.4 is 24.6 Å². The second-order valence-corrected chi connectivity index (χ2v) is 10.3. The molecule has 1 atom stereocenters. The molecular formula is C32H28O9. The fourth-order valence-electron chi connectivity index (χ4n) is 5.72. The number of carbonyl (C=O) groups excluding carboxylic acids is 2. The van der Waals surface area contributed by atoms with Crippen LogP contribution in [-0.4, -0.2) is 37.2 Å². The van der Waals surface area contributed by atoms with Crippen LogP contribution >= 0.6 is 0 Å². The molecule has 6 rings (SSSR count). The van der Waals surface area contributed by atoms with E-state index in [4.69, 9.17) is 23.4 Å². The lowest BCUT2D eigenvalue weighted by molar-refractivity contribution is -0.135. The first-order valence-electron chi connectivity index (χ1n) is 13.4. The second kappa shape index (κ2) is 10.3. The van der Waals surface area contributed by atoms with E-state index in [2.05, 4.69) is 6.07 Å². The molecule has 9 nitrogen and oxygen atoms in total. The molecule has 0 radical (unpaired) electrons. The Hall–Kier alpha value is -4.79. The van der Waals surface area contributed by atoms with E-state index >= 15 is 0 Å². The van der Waals surface area contributed by atoms with Crippen molar-refractivity contribution < 1.29 is 38.1 Å². The van der Waals surface area contributed by atoms with Gasteiger partial charge in [-0.05, 0) is 54.3 Å². The van der Waals surface area contributed by atoms with Crippen LogP contribution in [0.3, 0.4) is 0 Å². The molecule has 3 heterocycles. The Morgan fingerprint density at radius 1 is 1.10 bits per heavy atom. The van der Waals surface area contributed by atoms with Crippen LogP contribution in [0.5, 0.6) is 28.7 Å². The van der Waals surface area contributed by atoms with E-state index in [-0.39, 0.29) is 28.7 Å². The standard InChI is InChI=1S/C32H28O9/c1-16-12-25(34)40-31-27(16)30(36)28(17(2)33)32-29(31)21(15-26(35)41-32)19-5-7-23(24(14-19)37-3)39-10-8-18-4-6-22-20(13-18)9-11-38-22/h4-7,12-14,21,36H,8-11,15H2,1-3H3/t21-/m1/s1. The summed E-state index contributed by atoms with van der Waals surface area (Å²) in [6.45, 7) is 4.05. The van der Waals surface area contributed by atoms with Crippen molar-refractivity contribution in [1.82, 2.24) is 0 Å². The fourth-order valence-corrected chi connectivity index (χ4v) is 5.72. The second-order valence-electron chi connectivity index (χ2n) is 10.3. The Balaban J connectivity index is 1.37. The normalized spacial score (nSPS) is 15.6. The van der Waals surface area contributed by atoms with Gasteiger partial charge >= 0.3 is 11.6 Å². The number of Topliss-reactive ketones (excluding diaryl/α,β-unsaturated/α-hetero) is 1. The molecule has 0 aliphatic carbocycles. The van der Waals surface area contributed by atoms with E-state index in [0.29, 0.717) is 47.8 Å². The van der Waals surface area contributed by atoms with E-state index in [1.807, 2.05) is 12.1 Å². The van der Waals surface area contributed by atoms with Crippen molar-refractivity contribution >= 4 is 22.7 Å².